The molecular weight excluding hydrogens is 438 g/mol. The Bertz CT molecular complexity index is 793. The van der Waals surface area contributed by atoms with Gasteiger partial charge in [0.15, 0.2) is 11.0 Å². The molecule has 0 saturated carbocycles. The molecule has 0 aliphatic rings. The number of nitrogens with one attached hydrogen (secondary N) is 1. The number of carbonyl (C=O) groups excluding carboxylic acids is 1. The highest BCUT2D eigenvalue weighted by Crippen LogP contribution is 2.27. The van der Waals surface area contributed by atoms with E-state index in [9.17, 15) is 4.79 Å². The average Bonchev–Trinajstić information content (AvgIpc) is 3.03. The fourth-order valence-electron chi connectivity index (χ4n) is 3.00. The second-order valence-corrected chi connectivity index (χ2v) is 8.85. The maximum atomic E-state index is 12.4. The molecule has 154 valence electrons. The van der Waals surface area contributed by atoms with Crippen molar-refractivity contribution < 1.29 is 4.79 Å². The molecule has 0 spiro atoms. The number of aryl methyl sites for hydroxylation is 1. The first-order chi connectivity index (χ1) is 13.4. The molecule has 0 saturated heterocycles. The predicted octanol–water partition coefficient (Wildman–Crippen LogP) is 4.89. The van der Waals surface area contributed by atoms with Crippen LogP contribution in [0.15, 0.2) is 27.8 Å². The van der Waals surface area contributed by atoms with Crippen LogP contribution >= 0.6 is 27.7 Å². The van der Waals surface area contributed by atoms with Crippen LogP contribution in [0.2, 0.25) is 0 Å². The molecule has 6 nitrogen and oxygen atoms in total. The van der Waals surface area contributed by atoms with Gasteiger partial charge in [0.1, 0.15) is 0 Å². The first-order valence-corrected chi connectivity index (χ1v) is 11.4. The highest BCUT2D eigenvalue weighted by Gasteiger charge is 2.22. The smallest absolute Gasteiger partial charge is 0.234 e. The van der Waals surface area contributed by atoms with Crippen LogP contribution in [0.1, 0.15) is 50.5 Å². The summed E-state index contributed by atoms with van der Waals surface area (Å²) >= 11 is 4.94. The van der Waals surface area contributed by atoms with Crippen molar-refractivity contribution in [3.63, 3.8) is 0 Å². The normalized spacial score (nSPS) is 12.4. The number of amides is 1. The highest BCUT2D eigenvalue weighted by atomic mass is 79.9. The van der Waals surface area contributed by atoms with Gasteiger partial charge in [0, 0.05) is 11.0 Å². The molecule has 1 aromatic heterocycles. The van der Waals surface area contributed by atoms with Crippen LogP contribution in [0.25, 0.3) is 0 Å². The number of carbonyl (C=O) groups is 1. The third-order valence-electron chi connectivity index (χ3n) is 4.52. The molecule has 1 amide bonds. The van der Waals surface area contributed by atoms with Crippen molar-refractivity contribution in [3.05, 3.63) is 34.1 Å². The molecule has 0 bridgehead atoms. The van der Waals surface area contributed by atoms with E-state index < -0.39 is 0 Å². The lowest BCUT2D eigenvalue weighted by atomic mass is 10.2. The lowest BCUT2D eigenvalue weighted by molar-refractivity contribution is -0.113. The maximum Gasteiger partial charge on any atom is 0.234 e. The summed E-state index contributed by atoms with van der Waals surface area (Å²) in [5, 5.41) is 12.6. The van der Waals surface area contributed by atoms with Crippen molar-refractivity contribution in [2.75, 3.05) is 25.2 Å². The molecule has 1 atom stereocenters. The van der Waals surface area contributed by atoms with E-state index in [-0.39, 0.29) is 11.9 Å². The van der Waals surface area contributed by atoms with Crippen LogP contribution in [0.5, 0.6) is 0 Å². The lowest BCUT2D eigenvalue weighted by Gasteiger charge is -2.23. The zero-order valence-corrected chi connectivity index (χ0v) is 19.7. The van der Waals surface area contributed by atoms with Gasteiger partial charge in [-0.2, -0.15) is 0 Å². The van der Waals surface area contributed by atoms with Crippen LogP contribution in [0, 0.1) is 6.92 Å². The minimum absolute atomic E-state index is 0.0548. The van der Waals surface area contributed by atoms with Gasteiger partial charge < -0.3 is 9.88 Å². The topological polar surface area (TPSA) is 63.1 Å². The van der Waals surface area contributed by atoms with Gasteiger partial charge in [-0.05, 0) is 67.5 Å². The Labute approximate surface area is 180 Å². The minimum Gasteiger partial charge on any atom is -0.324 e. The summed E-state index contributed by atoms with van der Waals surface area (Å²) in [6.45, 7) is 7.22. The van der Waals surface area contributed by atoms with Crippen molar-refractivity contribution in [1.82, 2.24) is 19.7 Å². The predicted molar refractivity (Wildman–Crippen MR) is 120 cm³/mol. The van der Waals surface area contributed by atoms with Crippen LogP contribution in [0.4, 0.5) is 5.69 Å². The van der Waals surface area contributed by atoms with Gasteiger partial charge in [0.25, 0.3) is 0 Å². The Balaban J connectivity index is 2.09. The van der Waals surface area contributed by atoms with Crippen molar-refractivity contribution in [2.24, 2.45) is 0 Å². The molecule has 1 aromatic carbocycles. The molecule has 2 rings (SSSR count). The fourth-order valence-corrected chi connectivity index (χ4v) is 4.36. The first kappa shape index (κ1) is 22.9. The van der Waals surface area contributed by atoms with Gasteiger partial charge in [-0.3, -0.25) is 9.69 Å². The van der Waals surface area contributed by atoms with E-state index in [1.165, 1.54) is 11.8 Å². The second-order valence-electron chi connectivity index (χ2n) is 7.05. The van der Waals surface area contributed by atoms with Gasteiger partial charge in [0.2, 0.25) is 5.91 Å². The standard InChI is InChI=1S/C20H30BrN5OS/c1-6-8-11-26-19(17(7-2)25(4)5)23-24-20(26)28-13-18(27)22-16-10-9-14(3)12-15(16)21/h9-10,12,17H,6-8,11,13H2,1-5H3,(H,22,27). The van der Waals surface area contributed by atoms with Gasteiger partial charge >= 0.3 is 0 Å². The Kier molecular flexibility index (Phi) is 8.98. The van der Waals surface area contributed by atoms with Crippen LogP contribution in [-0.4, -0.2) is 45.4 Å². The number of rotatable bonds is 10. The first-order valence-electron chi connectivity index (χ1n) is 9.65. The number of halogens is 1. The van der Waals surface area contributed by atoms with Crippen molar-refractivity contribution in [1.29, 1.82) is 0 Å². The SMILES string of the molecule is CCCCn1c(SCC(=O)Nc2ccc(C)cc2Br)nnc1C(CC)N(C)C. The molecule has 8 heteroatoms. The van der Waals surface area contributed by atoms with Crippen LogP contribution in [-0.2, 0) is 11.3 Å². The molecule has 0 aliphatic heterocycles. The number of unbranched alkanes of at least 4 members (excludes halogenated alkanes) is 1. The lowest BCUT2D eigenvalue weighted by Crippen LogP contribution is -2.23. The second kappa shape index (κ2) is 11.0. The maximum absolute atomic E-state index is 12.4. The van der Waals surface area contributed by atoms with E-state index in [0.717, 1.165) is 52.5 Å². The molecule has 0 fully saturated rings. The summed E-state index contributed by atoms with van der Waals surface area (Å²) in [4.78, 5) is 14.6. The molecule has 0 radical (unpaired) electrons. The largest absolute Gasteiger partial charge is 0.324 e. The molecule has 1 heterocycles. The van der Waals surface area contributed by atoms with E-state index in [4.69, 9.17) is 0 Å². The summed E-state index contributed by atoms with van der Waals surface area (Å²) in [6, 6.07) is 6.10. The number of aromatic nitrogens is 3. The summed E-state index contributed by atoms with van der Waals surface area (Å²) in [7, 11) is 4.12. The fraction of sp³-hybridized carbons (Fsp3) is 0.550. The van der Waals surface area contributed by atoms with Crippen LogP contribution < -0.4 is 5.32 Å². The van der Waals surface area contributed by atoms with E-state index in [2.05, 4.69) is 68.9 Å². The van der Waals surface area contributed by atoms with E-state index in [1.807, 2.05) is 25.1 Å². The van der Waals surface area contributed by atoms with Gasteiger partial charge in [0.05, 0.1) is 17.5 Å². The monoisotopic (exact) mass is 467 g/mol. The van der Waals surface area contributed by atoms with Gasteiger partial charge in [-0.25, -0.2) is 0 Å². The Hall–Kier alpha value is -1.38. The molecule has 2 aromatic rings. The van der Waals surface area contributed by atoms with Gasteiger partial charge in [-0.15, -0.1) is 10.2 Å². The third-order valence-corrected chi connectivity index (χ3v) is 6.14. The molecular formula is C20H30BrN5OS. The number of hydrogen-bond donors (Lipinski definition) is 1. The number of nitrogens with zero attached hydrogens (tertiary/aromatic N) is 4. The highest BCUT2D eigenvalue weighted by molar-refractivity contribution is 9.10. The summed E-state index contributed by atoms with van der Waals surface area (Å²) in [6.07, 6.45) is 3.12. The number of thioether (sulfide) groups is 1. The third kappa shape index (κ3) is 6.06. The van der Waals surface area contributed by atoms with E-state index in [1.54, 1.807) is 0 Å². The summed E-state index contributed by atoms with van der Waals surface area (Å²) in [5.74, 6) is 1.22. The van der Waals surface area contributed by atoms with Crippen molar-refractivity contribution >= 4 is 39.3 Å². The van der Waals surface area contributed by atoms with Gasteiger partial charge in [-0.1, -0.05) is 38.1 Å². The number of hydrogen-bond acceptors (Lipinski definition) is 5. The molecule has 1 unspecified atom stereocenters. The van der Waals surface area contributed by atoms with Crippen LogP contribution in [0.3, 0.4) is 0 Å². The van der Waals surface area contributed by atoms with E-state index in [0.29, 0.717) is 5.75 Å². The van der Waals surface area contributed by atoms with Crippen molar-refractivity contribution in [2.45, 2.75) is 57.8 Å². The summed E-state index contributed by atoms with van der Waals surface area (Å²) in [5.41, 5.74) is 1.92. The summed E-state index contributed by atoms with van der Waals surface area (Å²) < 4.78 is 3.06. The Morgan fingerprint density at radius 3 is 2.68 bits per heavy atom. The number of anilines is 1. The van der Waals surface area contributed by atoms with E-state index >= 15 is 0 Å². The zero-order valence-electron chi connectivity index (χ0n) is 17.3. The zero-order chi connectivity index (χ0) is 20.7. The molecule has 28 heavy (non-hydrogen) atoms. The molecule has 0 aliphatic carbocycles. The quantitative estimate of drug-likeness (QED) is 0.503. The number of benzene rings is 1. The van der Waals surface area contributed by atoms with Crippen molar-refractivity contribution in [3.8, 4) is 0 Å². The Morgan fingerprint density at radius 2 is 2.07 bits per heavy atom. The average molecular weight is 468 g/mol. The molecule has 1 N–H and O–H groups in total. The minimum atomic E-state index is -0.0548. The Morgan fingerprint density at radius 1 is 1.32 bits per heavy atom.